The zero-order chi connectivity index (χ0) is 62.8. The number of hydrogen-bond acceptors (Lipinski definition) is 23. The molecule has 10 bridgehead atoms. The van der Waals surface area contributed by atoms with Crippen LogP contribution in [0.4, 0.5) is 5.82 Å². The van der Waals surface area contributed by atoms with E-state index >= 15 is 0 Å². The number of carboxylic acids is 2. The molecule has 1 aliphatic heterocycles. The third-order valence-electron chi connectivity index (χ3n) is 13.6. The molecule has 0 aliphatic carbocycles. The molecule has 8 aromatic rings. The minimum atomic E-state index is -1.31. The third kappa shape index (κ3) is 15.6. The van der Waals surface area contributed by atoms with E-state index in [0.29, 0.717) is 75.1 Å². The van der Waals surface area contributed by atoms with Crippen molar-refractivity contribution < 1.29 is 58.4 Å². The van der Waals surface area contributed by atoms with Crippen LogP contribution in [-0.4, -0.2) is 125 Å². The first-order chi connectivity index (χ1) is 42.3. The lowest BCUT2D eigenvalue weighted by Crippen LogP contribution is -2.40. The number of aliphatic carboxylic acids is 2. The fourth-order valence-electron chi connectivity index (χ4n) is 9.14. The van der Waals surface area contributed by atoms with Gasteiger partial charge >= 0.3 is 11.9 Å². The number of ether oxygens (including phenoxy) is 1. The number of hydrogen-bond donors (Lipinski definition) is 8. The predicted molar refractivity (Wildman–Crippen MR) is 332 cm³/mol. The van der Waals surface area contributed by atoms with Crippen LogP contribution in [0, 0.1) is 12.8 Å². The second kappa shape index (κ2) is 29.2. The standard InChI is InChI=1S/C57H59N13O12S6/c1-27(2)43-57-69-46(36(88-57)22-82-5)50(80)59-21-39(72)66-47(48(78)29-12-7-6-8-13-29)56-64-35(25-85-56)54-62-33(23-84-54)45-30(52-63-34(24-83-52)49(79)61-32(20-38(71)58-4)55-68-44(28(3)87-55)51(81)67-43)17-18-31(60-45)53-65-37(26-86-53)70(19-11-16-42(76)77)40(73)14-9-10-15-41(74)75/h6-8,12-13,17-18,23-27,32,43,47-48,78H,9-11,14-16,19-22H2,1-5H3,(H,58,71)(H,59,80)(H,61,79)(H,66,72)(H,67,81)(H,74,75)(H,76,77)/t32-,43-,47-,48-/m0/s1. The molecule has 25 nitrogen and oxygen atoms in total. The van der Waals surface area contributed by atoms with Crippen molar-refractivity contribution in [1.82, 2.24) is 61.5 Å². The number of aliphatic hydroxyl groups excluding tert-OH is 1. The Morgan fingerprint density at radius 3 is 2.09 bits per heavy atom. The molecule has 0 saturated carbocycles. The second-order valence-electron chi connectivity index (χ2n) is 20.3. The number of thiazole rings is 6. The summed E-state index contributed by atoms with van der Waals surface area (Å²) in [6.07, 6.45) is -1.15. The molecule has 7 aromatic heterocycles. The average Bonchev–Trinajstić information content (AvgIpc) is 2.63. The molecule has 460 valence electrons. The van der Waals surface area contributed by atoms with Gasteiger partial charge in [-0.05, 0) is 49.8 Å². The van der Waals surface area contributed by atoms with E-state index in [2.05, 4.69) is 36.6 Å². The highest BCUT2D eigenvalue weighted by molar-refractivity contribution is 7.15. The van der Waals surface area contributed by atoms with Gasteiger partial charge in [-0.3, -0.25) is 43.3 Å². The Labute approximate surface area is 527 Å². The monoisotopic (exact) mass is 1310 g/mol. The van der Waals surface area contributed by atoms with E-state index in [0.717, 1.165) is 45.3 Å². The normalized spacial score (nSPS) is 16.0. The van der Waals surface area contributed by atoms with E-state index in [1.807, 2.05) is 13.8 Å². The summed E-state index contributed by atoms with van der Waals surface area (Å²) in [5.41, 5.74) is 2.36. The van der Waals surface area contributed by atoms with Crippen LogP contribution in [-0.2, 0) is 35.3 Å². The summed E-state index contributed by atoms with van der Waals surface area (Å²) >= 11 is 7.00. The molecular formula is C57H59N13O12S6. The number of aliphatic hydroxyl groups is 1. The van der Waals surface area contributed by atoms with Gasteiger partial charge in [-0.1, -0.05) is 44.2 Å². The van der Waals surface area contributed by atoms with Crippen molar-refractivity contribution in [3.63, 3.8) is 0 Å². The van der Waals surface area contributed by atoms with E-state index in [1.165, 1.54) is 41.7 Å². The van der Waals surface area contributed by atoms with Crippen LogP contribution < -0.4 is 31.5 Å². The van der Waals surface area contributed by atoms with E-state index in [4.69, 9.17) is 34.8 Å². The molecule has 0 radical (unpaired) electrons. The van der Waals surface area contributed by atoms with Crippen LogP contribution in [0.1, 0.15) is 145 Å². The highest BCUT2D eigenvalue weighted by Crippen LogP contribution is 2.40. The summed E-state index contributed by atoms with van der Waals surface area (Å²) in [6, 6.07) is 9.26. The first kappa shape index (κ1) is 64.3. The van der Waals surface area contributed by atoms with Crippen molar-refractivity contribution in [1.29, 1.82) is 0 Å². The first-order valence-corrected chi connectivity index (χ1v) is 32.6. The van der Waals surface area contributed by atoms with Crippen LogP contribution in [0.25, 0.3) is 43.4 Å². The summed E-state index contributed by atoms with van der Waals surface area (Å²) in [4.78, 5) is 142. The fraction of sp³-hybridized carbons (Fsp3) is 0.351. The van der Waals surface area contributed by atoms with E-state index in [1.54, 1.807) is 70.9 Å². The number of carbonyl (C=O) groups excluding carboxylic acids is 6. The zero-order valence-electron chi connectivity index (χ0n) is 47.9. The molecule has 0 fully saturated rings. The maximum atomic E-state index is 14.4. The van der Waals surface area contributed by atoms with Crippen LogP contribution in [0.2, 0.25) is 0 Å². The molecule has 1 aliphatic rings. The van der Waals surface area contributed by atoms with Crippen LogP contribution in [0.15, 0.2) is 64.0 Å². The van der Waals surface area contributed by atoms with Gasteiger partial charge in [0.05, 0.1) is 42.2 Å². The second-order valence-corrected chi connectivity index (χ2v) is 26.1. The Kier molecular flexibility index (Phi) is 21.4. The van der Waals surface area contributed by atoms with Crippen molar-refractivity contribution in [3.8, 4) is 43.4 Å². The maximum Gasteiger partial charge on any atom is 0.303 e. The van der Waals surface area contributed by atoms with Crippen molar-refractivity contribution in [2.75, 3.05) is 32.1 Å². The van der Waals surface area contributed by atoms with Crippen LogP contribution >= 0.6 is 68.0 Å². The molecule has 8 N–H and O–H groups in total. The van der Waals surface area contributed by atoms with Gasteiger partial charge in [-0.15, -0.1) is 68.0 Å². The molecule has 0 unspecified atom stereocenters. The number of rotatable bonds is 18. The maximum absolute atomic E-state index is 14.4. The van der Waals surface area contributed by atoms with Gasteiger partial charge in [-0.2, -0.15) is 0 Å². The molecule has 0 saturated heterocycles. The Morgan fingerprint density at radius 2 is 1.35 bits per heavy atom. The van der Waals surface area contributed by atoms with E-state index in [-0.39, 0.29) is 91.4 Å². The largest absolute Gasteiger partial charge is 0.481 e. The van der Waals surface area contributed by atoms with Crippen LogP contribution in [0.5, 0.6) is 0 Å². The Balaban J connectivity index is 1.12. The number of nitrogens with zero attached hydrogens (tertiary/aromatic N) is 8. The topological polar surface area (TPSA) is 360 Å². The van der Waals surface area contributed by atoms with Gasteiger partial charge < -0.3 is 46.6 Å². The third-order valence-corrected chi connectivity index (χ3v) is 19.3. The lowest BCUT2D eigenvalue weighted by molar-refractivity contribution is -0.138. The van der Waals surface area contributed by atoms with Gasteiger partial charge in [0.25, 0.3) is 17.7 Å². The quantitative estimate of drug-likeness (QED) is 0.0375. The SMILES string of the molecule is CNC(=O)C[C@@H]1NC(=O)c2csc(n2)-c2ccc(-c3nc(N(CCCC(=O)O)C(=O)CCCCC(=O)O)cs3)nc2-c2csc(n2)-c2csc(n2)[C@H]([C@@H](O)c2ccccc2)NC(=O)CNC(=O)c2nc(sc2COC)[C@H](C(C)C)NC(=O)c2nc1sc2C. The van der Waals surface area contributed by atoms with E-state index in [9.17, 15) is 48.6 Å². The zero-order valence-corrected chi connectivity index (χ0v) is 52.8. The average molecular weight is 1310 g/mol. The summed E-state index contributed by atoms with van der Waals surface area (Å²) < 4.78 is 5.45. The minimum absolute atomic E-state index is 0.00950. The summed E-state index contributed by atoms with van der Waals surface area (Å²) in [5.74, 6) is -5.38. The van der Waals surface area contributed by atoms with Crippen LogP contribution in [0.3, 0.4) is 0 Å². The highest BCUT2D eigenvalue weighted by Gasteiger charge is 2.33. The van der Waals surface area contributed by atoms with Crippen molar-refractivity contribution in [2.45, 2.75) is 96.6 Å². The molecule has 31 heteroatoms. The van der Waals surface area contributed by atoms with Crippen molar-refractivity contribution in [2.24, 2.45) is 5.92 Å². The molecule has 8 heterocycles. The minimum Gasteiger partial charge on any atom is -0.481 e. The fourth-order valence-corrected chi connectivity index (χ4v) is 14.7. The number of fused-ring (bicyclic) bond motifs is 14. The number of carboxylic acid groups (broad SMARTS) is 2. The number of carbonyl (C=O) groups is 8. The predicted octanol–water partition coefficient (Wildman–Crippen LogP) is 8.15. The smallest absolute Gasteiger partial charge is 0.303 e. The number of benzene rings is 1. The summed E-state index contributed by atoms with van der Waals surface area (Å²) in [6.45, 7) is 4.93. The molecule has 1 aromatic carbocycles. The lowest BCUT2D eigenvalue weighted by Gasteiger charge is -2.23. The Bertz CT molecular complexity index is 3870. The van der Waals surface area contributed by atoms with E-state index < -0.39 is 72.2 Å². The molecule has 4 atom stereocenters. The van der Waals surface area contributed by atoms with Crippen molar-refractivity contribution in [3.05, 3.63) is 111 Å². The lowest BCUT2D eigenvalue weighted by atomic mass is 10.0. The Morgan fingerprint density at radius 1 is 0.670 bits per heavy atom. The summed E-state index contributed by atoms with van der Waals surface area (Å²) in [5, 5.41) is 53.4. The number of nitrogens with one attached hydrogen (secondary N) is 5. The molecule has 9 rings (SSSR count). The van der Waals surface area contributed by atoms with Gasteiger partial charge in [0.1, 0.15) is 82.2 Å². The first-order valence-electron chi connectivity index (χ1n) is 27.5. The van der Waals surface area contributed by atoms with Gasteiger partial charge in [0.15, 0.2) is 0 Å². The number of unbranched alkanes of at least 4 members (excludes halogenated alkanes) is 1. The Hall–Kier alpha value is -8.17. The molecular weight excluding hydrogens is 1250 g/mol. The number of aromatic nitrogens is 7. The number of amides is 6. The number of pyridine rings is 1. The molecule has 6 amide bonds. The number of anilines is 1. The number of aryl methyl sites for hydroxylation is 1. The van der Waals surface area contributed by atoms with Gasteiger partial charge in [-0.25, -0.2) is 34.9 Å². The van der Waals surface area contributed by atoms with Crippen molar-refractivity contribution >= 4 is 121 Å². The highest BCUT2D eigenvalue weighted by atomic mass is 32.1. The molecule has 88 heavy (non-hydrogen) atoms. The number of methoxy groups -OCH3 is 1. The van der Waals surface area contributed by atoms with Gasteiger partial charge in [0, 0.05) is 71.9 Å². The van der Waals surface area contributed by atoms with Gasteiger partial charge in [0.2, 0.25) is 17.7 Å². The summed E-state index contributed by atoms with van der Waals surface area (Å²) in [7, 11) is 2.92. The molecule has 0 spiro atoms.